The number of fused-ring (bicyclic) bond motifs is 1. The first kappa shape index (κ1) is 31.8. The molecule has 0 aromatic carbocycles. The highest BCUT2D eigenvalue weighted by molar-refractivity contribution is 7.16. The molecular weight excluding hydrogens is 582 g/mol. The van der Waals surface area contributed by atoms with E-state index in [4.69, 9.17) is 26.4 Å². The number of amidine groups is 1. The van der Waals surface area contributed by atoms with Crippen LogP contribution in [0.4, 0.5) is 21.3 Å². The van der Waals surface area contributed by atoms with Crippen LogP contribution in [0.25, 0.3) is 0 Å². The minimum Gasteiger partial charge on any atom is -0.462 e. The lowest BCUT2D eigenvalue weighted by molar-refractivity contribution is -0.125. The largest absolute Gasteiger partial charge is 0.462 e. The van der Waals surface area contributed by atoms with Gasteiger partial charge in [-0.25, -0.2) is 4.79 Å². The normalized spacial score (nSPS) is 22.4. The van der Waals surface area contributed by atoms with Crippen LogP contribution >= 0.6 is 11.3 Å². The van der Waals surface area contributed by atoms with Crippen molar-refractivity contribution in [1.29, 1.82) is 5.41 Å². The Bertz CT molecular complexity index is 1420. The number of likely N-dealkylation sites (tertiary alicyclic amines) is 1. The summed E-state index contributed by atoms with van der Waals surface area (Å²) in [6.07, 6.45) is 4.04. The number of carbonyl (C=O) groups excluding carboxylic acids is 2. The summed E-state index contributed by atoms with van der Waals surface area (Å²) < 4.78 is 11.6. The maximum absolute atomic E-state index is 13.8. The van der Waals surface area contributed by atoms with Gasteiger partial charge in [0.1, 0.15) is 28.7 Å². The molecule has 240 valence electrons. The van der Waals surface area contributed by atoms with E-state index in [0.717, 1.165) is 42.7 Å². The molecule has 14 heteroatoms. The number of nitrogens with zero attached hydrogens (tertiary/aromatic N) is 5. The molecule has 2 aromatic rings. The standard InChI is InChI=1S/C30H45N9O4S/c1-29(2,3)43-28(41)39-14-12-38(13-15-39)21-16-19(34-27(35-21)42-17-18-8-7-11-37(18)5)24(32)36-26(40)30(4)10-6-9-20-22(30)23(31)25(33)44-20/h16,18H,6-15,17,31,33H2,1-5H3,(H2,32,36,40)/t18-,30-/m0/s1. The lowest BCUT2D eigenvalue weighted by Crippen LogP contribution is -2.50. The van der Waals surface area contributed by atoms with E-state index in [1.165, 1.54) is 11.3 Å². The molecule has 4 heterocycles. The fourth-order valence-electron chi connectivity index (χ4n) is 6.14. The maximum Gasteiger partial charge on any atom is 0.410 e. The smallest absolute Gasteiger partial charge is 0.410 e. The van der Waals surface area contributed by atoms with E-state index in [1.807, 2.05) is 32.6 Å². The second-order valence-electron chi connectivity index (χ2n) is 13.1. The maximum atomic E-state index is 13.8. The van der Waals surface area contributed by atoms with Crippen LogP contribution in [0.1, 0.15) is 69.5 Å². The molecule has 2 atom stereocenters. The predicted octanol–water partition coefficient (Wildman–Crippen LogP) is 2.97. The minimum absolute atomic E-state index is 0.146. The van der Waals surface area contributed by atoms with E-state index in [2.05, 4.69) is 27.2 Å². The van der Waals surface area contributed by atoms with E-state index in [0.29, 0.717) is 55.7 Å². The van der Waals surface area contributed by atoms with Crippen molar-refractivity contribution in [2.45, 2.75) is 76.9 Å². The molecule has 2 amide bonds. The number of nitrogen functional groups attached to an aromatic ring is 2. The Hall–Kier alpha value is -3.65. The van der Waals surface area contributed by atoms with Gasteiger partial charge in [-0.1, -0.05) is 0 Å². The number of hydrogen-bond acceptors (Lipinski definition) is 12. The number of nitrogens with two attached hydrogens (primary N) is 2. The highest BCUT2D eigenvalue weighted by atomic mass is 32.1. The van der Waals surface area contributed by atoms with Gasteiger partial charge in [0.25, 0.3) is 0 Å². The molecule has 0 unspecified atom stereocenters. The van der Waals surface area contributed by atoms with Crippen LogP contribution in [0, 0.1) is 5.41 Å². The molecule has 2 saturated heterocycles. The van der Waals surface area contributed by atoms with Crippen LogP contribution in [0.5, 0.6) is 6.01 Å². The highest BCUT2D eigenvalue weighted by Crippen LogP contribution is 2.47. The molecule has 6 N–H and O–H groups in total. The third-order valence-electron chi connectivity index (χ3n) is 8.70. The first-order valence-electron chi connectivity index (χ1n) is 15.3. The minimum atomic E-state index is -0.918. The summed E-state index contributed by atoms with van der Waals surface area (Å²) in [5.41, 5.74) is 12.4. The fraction of sp³-hybridized carbons (Fsp3) is 0.633. The van der Waals surface area contributed by atoms with Crippen molar-refractivity contribution in [2.24, 2.45) is 0 Å². The number of carbonyl (C=O) groups is 2. The Balaban J connectivity index is 1.35. The molecule has 44 heavy (non-hydrogen) atoms. The molecule has 13 nitrogen and oxygen atoms in total. The number of ether oxygens (including phenoxy) is 2. The van der Waals surface area contributed by atoms with Gasteiger partial charge < -0.3 is 41.0 Å². The number of nitrogens with one attached hydrogen (secondary N) is 2. The number of hydrogen-bond donors (Lipinski definition) is 4. The zero-order chi connectivity index (χ0) is 31.8. The quantitative estimate of drug-likeness (QED) is 0.275. The second-order valence-corrected chi connectivity index (χ2v) is 14.3. The van der Waals surface area contributed by atoms with Crippen LogP contribution in [0.3, 0.4) is 0 Å². The molecular formula is C30H45N9O4S. The van der Waals surface area contributed by atoms with Crippen molar-refractivity contribution in [3.8, 4) is 6.01 Å². The first-order valence-corrected chi connectivity index (χ1v) is 16.1. The van der Waals surface area contributed by atoms with Crippen LogP contribution < -0.4 is 26.4 Å². The SMILES string of the molecule is CN1CCC[C@H]1COc1nc(C(=N)NC(=O)[C@@]2(C)CCCc3sc(N)c(N)c32)cc(N2CCN(C(=O)OC(C)(C)C)CC2)n1. The number of piperazine rings is 1. The van der Waals surface area contributed by atoms with Gasteiger partial charge in [-0.05, 0) is 73.4 Å². The molecule has 2 aliphatic heterocycles. The Morgan fingerprint density at radius 2 is 1.89 bits per heavy atom. The average molecular weight is 628 g/mol. The van der Waals surface area contributed by atoms with Crippen LogP contribution in [-0.4, -0.2) is 95.6 Å². The number of aryl methyl sites for hydroxylation is 1. The zero-order valence-corrected chi connectivity index (χ0v) is 27.2. The zero-order valence-electron chi connectivity index (χ0n) is 26.4. The second kappa shape index (κ2) is 12.4. The van der Waals surface area contributed by atoms with E-state index in [9.17, 15) is 9.59 Å². The van der Waals surface area contributed by atoms with E-state index in [-0.39, 0.29) is 35.6 Å². The molecule has 5 rings (SSSR count). The molecule has 2 fully saturated rings. The monoisotopic (exact) mass is 627 g/mol. The van der Waals surface area contributed by atoms with Gasteiger partial charge in [0, 0.05) is 48.7 Å². The Morgan fingerprint density at radius 3 is 2.55 bits per heavy atom. The van der Waals surface area contributed by atoms with E-state index in [1.54, 1.807) is 11.0 Å². The third-order valence-corrected chi connectivity index (χ3v) is 9.79. The van der Waals surface area contributed by atoms with Gasteiger partial charge in [0.05, 0.1) is 11.1 Å². The van der Waals surface area contributed by atoms with Crippen molar-refractivity contribution in [2.75, 3.05) is 62.7 Å². The summed E-state index contributed by atoms with van der Waals surface area (Å²) in [7, 11) is 2.07. The van der Waals surface area contributed by atoms with Crippen molar-refractivity contribution in [3.05, 3.63) is 22.2 Å². The van der Waals surface area contributed by atoms with Crippen LogP contribution in [-0.2, 0) is 21.4 Å². The summed E-state index contributed by atoms with van der Waals surface area (Å²) >= 11 is 1.43. The first-order chi connectivity index (χ1) is 20.7. The third kappa shape index (κ3) is 6.70. The number of amides is 2. The van der Waals surface area contributed by atoms with Crippen molar-refractivity contribution < 1.29 is 19.1 Å². The molecule has 2 aromatic heterocycles. The number of thiophene rings is 1. The summed E-state index contributed by atoms with van der Waals surface area (Å²) in [6.45, 7) is 10.8. The molecule has 0 spiro atoms. The molecule has 0 saturated carbocycles. The Kier molecular flexibility index (Phi) is 8.94. The van der Waals surface area contributed by atoms with E-state index < -0.39 is 11.0 Å². The molecule has 0 radical (unpaired) electrons. The number of rotatable bonds is 6. The van der Waals surface area contributed by atoms with Gasteiger partial charge >= 0.3 is 12.1 Å². The van der Waals surface area contributed by atoms with Gasteiger partial charge in [-0.15, -0.1) is 11.3 Å². The van der Waals surface area contributed by atoms with E-state index >= 15 is 0 Å². The fourth-order valence-corrected chi connectivity index (χ4v) is 7.30. The van der Waals surface area contributed by atoms with Crippen molar-refractivity contribution >= 4 is 45.7 Å². The number of likely N-dealkylation sites (N-methyl/N-ethyl adjacent to an activating group) is 1. The van der Waals surface area contributed by atoms with Gasteiger partial charge in [0.2, 0.25) is 5.91 Å². The van der Waals surface area contributed by atoms with Crippen LogP contribution in [0.15, 0.2) is 6.07 Å². The Morgan fingerprint density at radius 1 is 1.16 bits per heavy atom. The lowest BCUT2D eigenvalue weighted by atomic mass is 9.72. The topological polar surface area (TPSA) is 176 Å². The molecule has 1 aliphatic carbocycles. The molecule has 0 bridgehead atoms. The molecule has 3 aliphatic rings. The lowest BCUT2D eigenvalue weighted by Gasteiger charge is -2.36. The summed E-state index contributed by atoms with van der Waals surface area (Å²) in [6, 6.07) is 2.09. The predicted molar refractivity (Wildman–Crippen MR) is 172 cm³/mol. The average Bonchev–Trinajstić information content (AvgIpc) is 3.52. The highest BCUT2D eigenvalue weighted by Gasteiger charge is 2.43. The number of anilines is 3. The van der Waals surface area contributed by atoms with Crippen molar-refractivity contribution in [1.82, 2.24) is 25.1 Å². The number of aromatic nitrogens is 2. The van der Waals surface area contributed by atoms with Gasteiger partial charge in [-0.3, -0.25) is 10.2 Å². The van der Waals surface area contributed by atoms with Crippen LogP contribution in [0.2, 0.25) is 0 Å². The Labute approximate surface area is 262 Å². The van der Waals surface area contributed by atoms with Gasteiger partial charge in [0.15, 0.2) is 5.84 Å². The summed E-state index contributed by atoms with van der Waals surface area (Å²) in [5.74, 6) is 0.0896. The van der Waals surface area contributed by atoms with Gasteiger partial charge in [-0.2, -0.15) is 9.97 Å². The summed E-state index contributed by atoms with van der Waals surface area (Å²) in [5, 5.41) is 12.2. The van der Waals surface area contributed by atoms with Crippen molar-refractivity contribution in [3.63, 3.8) is 0 Å². The summed E-state index contributed by atoms with van der Waals surface area (Å²) in [4.78, 5) is 42.6.